The molecule has 0 unspecified atom stereocenters. The van der Waals surface area contributed by atoms with E-state index in [1.807, 2.05) is 6.07 Å². The van der Waals surface area contributed by atoms with Gasteiger partial charge in [0, 0.05) is 24.7 Å². The second-order valence-corrected chi connectivity index (χ2v) is 7.33. The van der Waals surface area contributed by atoms with Crippen molar-refractivity contribution in [3.63, 3.8) is 0 Å². The molecule has 0 spiro atoms. The predicted molar refractivity (Wildman–Crippen MR) is 115 cm³/mol. The van der Waals surface area contributed by atoms with Crippen LogP contribution in [0.15, 0.2) is 79.0 Å². The van der Waals surface area contributed by atoms with Gasteiger partial charge < -0.3 is 4.57 Å². The van der Waals surface area contributed by atoms with Gasteiger partial charge in [0.2, 0.25) is 5.69 Å². The molecule has 0 amide bonds. The zero-order valence-electron chi connectivity index (χ0n) is 16.3. The van der Waals surface area contributed by atoms with E-state index in [-0.39, 0.29) is 0 Å². The van der Waals surface area contributed by atoms with Crippen LogP contribution in [0.5, 0.6) is 0 Å². The number of para-hydroxylation sites is 2. The molecule has 3 aromatic carbocycles. The first-order valence-electron chi connectivity index (χ1n) is 9.54. The Morgan fingerprint density at radius 2 is 1.64 bits per heavy atom. The van der Waals surface area contributed by atoms with Crippen LogP contribution in [-0.2, 0) is 14.1 Å². The molecule has 28 heavy (non-hydrogen) atoms. The summed E-state index contributed by atoms with van der Waals surface area (Å²) in [5, 5.41) is 2.50. The lowest BCUT2D eigenvalue weighted by atomic mass is 9.92. The van der Waals surface area contributed by atoms with E-state index in [1.54, 1.807) is 0 Å². The fraction of sp³-hybridized carbons (Fsp3) is 0.120. The molecule has 0 aliphatic rings. The molecule has 0 fully saturated rings. The topological polar surface area (TPSA) is 21.7 Å². The molecule has 0 N–H and O–H groups in total. The monoisotopic (exact) mass is 364 g/mol. The molecule has 0 aliphatic carbocycles. The molecule has 0 bridgehead atoms. The van der Waals surface area contributed by atoms with Crippen LogP contribution in [0, 0.1) is 6.92 Å². The number of aryl methyl sites for hydroxylation is 2. The van der Waals surface area contributed by atoms with Crippen LogP contribution in [0.3, 0.4) is 0 Å². The standard InChI is InChI=1S/C25H22N3/c1-17-20(25-26-21-12-6-7-13-22(21)28(25)3)16-18-10-4-5-11-19(18)24(17)23-14-8-9-15-27(23)2/h4-16H,1-3H3/q+1. The second kappa shape index (κ2) is 6.31. The average Bonchev–Trinajstić information content (AvgIpc) is 3.05. The van der Waals surface area contributed by atoms with Crippen molar-refractivity contribution < 1.29 is 4.57 Å². The lowest BCUT2D eigenvalue weighted by Gasteiger charge is -2.14. The zero-order chi connectivity index (χ0) is 19.3. The number of hydrogen-bond donors (Lipinski definition) is 0. The van der Waals surface area contributed by atoms with E-state index in [0.717, 1.165) is 16.9 Å². The van der Waals surface area contributed by atoms with Crippen LogP contribution in [0.2, 0.25) is 0 Å². The molecule has 3 heteroatoms. The molecule has 0 aliphatic heterocycles. The van der Waals surface area contributed by atoms with Crippen molar-refractivity contribution >= 4 is 21.8 Å². The van der Waals surface area contributed by atoms with E-state index in [0.29, 0.717) is 0 Å². The Labute approximate surface area is 164 Å². The SMILES string of the molecule is Cc1c(-c2nc3ccccc3n2C)cc2ccccc2c1-c1cccc[n+]1C. The summed E-state index contributed by atoms with van der Waals surface area (Å²) in [6.45, 7) is 2.21. The molecule has 0 saturated heterocycles. The number of benzene rings is 3. The summed E-state index contributed by atoms with van der Waals surface area (Å²) >= 11 is 0. The Kier molecular flexibility index (Phi) is 3.76. The summed E-state index contributed by atoms with van der Waals surface area (Å²) in [6, 6.07) is 25.6. The summed E-state index contributed by atoms with van der Waals surface area (Å²) in [6.07, 6.45) is 2.10. The number of hydrogen-bond acceptors (Lipinski definition) is 1. The van der Waals surface area contributed by atoms with E-state index in [4.69, 9.17) is 4.98 Å². The largest absolute Gasteiger partial charge is 0.327 e. The van der Waals surface area contributed by atoms with E-state index in [2.05, 4.69) is 103 Å². The first kappa shape index (κ1) is 16.7. The van der Waals surface area contributed by atoms with Crippen molar-refractivity contribution in [2.45, 2.75) is 6.92 Å². The van der Waals surface area contributed by atoms with Gasteiger partial charge in [-0.3, -0.25) is 0 Å². The van der Waals surface area contributed by atoms with Gasteiger partial charge in [0.1, 0.15) is 12.9 Å². The minimum atomic E-state index is 1.00. The van der Waals surface area contributed by atoms with Crippen molar-refractivity contribution in [3.8, 4) is 22.6 Å². The lowest BCUT2D eigenvalue weighted by molar-refractivity contribution is -0.660. The highest BCUT2D eigenvalue weighted by Gasteiger charge is 2.21. The van der Waals surface area contributed by atoms with Crippen LogP contribution in [0.4, 0.5) is 0 Å². The molecule has 2 heterocycles. The fourth-order valence-corrected chi connectivity index (χ4v) is 4.18. The lowest BCUT2D eigenvalue weighted by Crippen LogP contribution is -2.30. The minimum absolute atomic E-state index is 1.00. The van der Waals surface area contributed by atoms with Crippen LogP contribution < -0.4 is 4.57 Å². The van der Waals surface area contributed by atoms with E-state index >= 15 is 0 Å². The molecule has 2 aromatic heterocycles. The molecule has 5 rings (SSSR count). The third-order valence-corrected chi connectivity index (χ3v) is 5.65. The highest BCUT2D eigenvalue weighted by Crippen LogP contribution is 2.37. The molecule has 3 nitrogen and oxygen atoms in total. The van der Waals surface area contributed by atoms with E-state index in [9.17, 15) is 0 Å². The first-order valence-corrected chi connectivity index (χ1v) is 9.54. The summed E-state index contributed by atoms with van der Waals surface area (Å²) in [5.41, 5.74) is 7.08. The summed E-state index contributed by atoms with van der Waals surface area (Å²) in [7, 11) is 4.20. The van der Waals surface area contributed by atoms with Gasteiger partial charge in [-0.15, -0.1) is 0 Å². The molecular formula is C25H22N3+. The maximum atomic E-state index is 4.96. The van der Waals surface area contributed by atoms with Crippen molar-refractivity contribution in [3.05, 3.63) is 84.6 Å². The van der Waals surface area contributed by atoms with Gasteiger partial charge in [-0.2, -0.15) is 0 Å². The number of nitrogens with zero attached hydrogens (tertiary/aromatic N) is 3. The van der Waals surface area contributed by atoms with Gasteiger partial charge in [-0.05, 0) is 47.5 Å². The summed E-state index contributed by atoms with van der Waals surface area (Å²) in [4.78, 5) is 4.96. The highest BCUT2D eigenvalue weighted by atomic mass is 15.1. The maximum Gasteiger partial charge on any atom is 0.213 e. The normalized spacial score (nSPS) is 11.4. The number of fused-ring (bicyclic) bond motifs is 2. The average molecular weight is 364 g/mol. The van der Waals surface area contributed by atoms with Crippen LogP contribution >= 0.6 is 0 Å². The Morgan fingerprint density at radius 3 is 2.46 bits per heavy atom. The molecule has 0 atom stereocenters. The van der Waals surface area contributed by atoms with Gasteiger partial charge in [-0.25, -0.2) is 9.55 Å². The van der Waals surface area contributed by atoms with Gasteiger partial charge in [0.25, 0.3) is 0 Å². The van der Waals surface area contributed by atoms with Gasteiger partial charge >= 0.3 is 0 Å². The number of aromatic nitrogens is 3. The van der Waals surface area contributed by atoms with Crippen LogP contribution in [0.1, 0.15) is 5.56 Å². The maximum absolute atomic E-state index is 4.96. The zero-order valence-corrected chi connectivity index (χ0v) is 16.3. The quantitative estimate of drug-likeness (QED) is 0.395. The molecule has 5 aromatic rings. The van der Waals surface area contributed by atoms with E-state index < -0.39 is 0 Å². The van der Waals surface area contributed by atoms with Crippen LogP contribution in [-0.4, -0.2) is 9.55 Å². The van der Waals surface area contributed by atoms with Crippen LogP contribution in [0.25, 0.3) is 44.5 Å². The Bertz CT molecular complexity index is 1350. The van der Waals surface area contributed by atoms with Gasteiger partial charge in [0.15, 0.2) is 6.20 Å². The number of imidazole rings is 1. The van der Waals surface area contributed by atoms with Crippen molar-refractivity contribution in [2.75, 3.05) is 0 Å². The second-order valence-electron chi connectivity index (χ2n) is 7.33. The molecular weight excluding hydrogens is 342 g/mol. The predicted octanol–water partition coefficient (Wildman–Crippen LogP) is 5.19. The third-order valence-electron chi connectivity index (χ3n) is 5.65. The summed E-state index contributed by atoms with van der Waals surface area (Å²) < 4.78 is 4.38. The van der Waals surface area contributed by atoms with Crippen molar-refractivity contribution in [1.29, 1.82) is 0 Å². The van der Waals surface area contributed by atoms with Gasteiger partial charge in [-0.1, -0.05) is 36.4 Å². The number of pyridine rings is 1. The molecule has 136 valence electrons. The smallest absolute Gasteiger partial charge is 0.213 e. The minimum Gasteiger partial charge on any atom is -0.327 e. The van der Waals surface area contributed by atoms with E-state index in [1.165, 1.54) is 33.2 Å². The third kappa shape index (κ3) is 2.43. The Hall–Kier alpha value is -3.46. The Morgan fingerprint density at radius 1 is 0.893 bits per heavy atom. The summed E-state index contributed by atoms with van der Waals surface area (Å²) in [5.74, 6) is 1.00. The number of rotatable bonds is 2. The Balaban J connectivity index is 1.90. The van der Waals surface area contributed by atoms with Crippen molar-refractivity contribution in [1.82, 2.24) is 9.55 Å². The van der Waals surface area contributed by atoms with Crippen molar-refractivity contribution in [2.24, 2.45) is 14.1 Å². The first-order chi connectivity index (χ1) is 13.6. The molecule has 0 saturated carbocycles. The fourth-order valence-electron chi connectivity index (χ4n) is 4.18. The highest BCUT2D eigenvalue weighted by molar-refractivity contribution is 6.01. The van der Waals surface area contributed by atoms with Gasteiger partial charge in [0.05, 0.1) is 16.6 Å². The molecule has 0 radical (unpaired) electrons.